The number of rotatable bonds is 9. The van der Waals surface area contributed by atoms with Crippen molar-refractivity contribution in [1.82, 2.24) is 20.1 Å². The Morgan fingerprint density at radius 2 is 1.82 bits per heavy atom. The van der Waals surface area contributed by atoms with Crippen LogP contribution in [-0.4, -0.2) is 27.2 Å². The molecule has 0 aliphatic carbocycles. The average molecular weight is 473 g/mol. The second-order valence-corrected chi connectivity index (χ2v) is 8.76. The summed E-state index contributed by atoms with van der Waals surface area (Å²) >= 11 is 6.15. The first kappa shape index (κ1) is 23.7. The Morgan fingerprint density at radius 3 is 2.59 bits per heavy atom. The highest BCUT2D eigenvalue weighted by atomic mass is 35.5. The summed E-state index contributed by atoms with van der Waals surface area (Å²) in [5.41, 5.74) is 4.71. The molecule has 5 nitrogen and oxygen atoms in total. The van der Waals surface area contributed by atoms with Gasteiger partial charge in [0.15, 0.2) is 11.6 Å². The molecule has 174 valence electrons. The van der Waals surface area contributed by atoms with Gasteiger partial charge in [0.2, 0.25) is 0 Å². The molecule has 34 heavy (non-hydrogen) atoms. The molecule has 0 saturated heterocycles. The number of nitrogens with one attached hydrogen (secondary N) is 1. The number of carbonyl (C=O) groups excluding carboxylic acids is 1. The second-order valence-electron chi connectivity index (χ2n) is 8.33. The molecule has 0 fully saturated rings. The number of amides is 1. The van der Waals surface area contributed by atoms with Crippen molar-refractivity contribution >= 4 is 17.5 Å². The molecule has 0 spiro atoms. The van der Waals surface area contributed by atoms with E-state index in [1.54, 1.807) is 0 Å². The monoisotopic (exact) mass is 472 g/mol. The fourth-order valence-corrected chi connectivity index (χ4v) is 4.15. The highest BCUT2D eigenvalue weighted by Gasteiger charge is 2.16. The molecule has 1 heterocycles. The van der Waals surface area contributed by atoms with Crippen LogP contribution in [0.3, 0.4) is 0 Å². The number of carbonyl (C=O) groups is 1. The zero-order valence-electron chi connectivity index (χ0n) is 19.6. The van der Waals surface area contributed by atoms with E-state index in [9.17, 15) is 4.79 Å². The number of hydrogen-bond donors (Lipinski definition) is 1. The number of hydrogen-bond acceptors (Lipinski definition) is 3. The first-order chi connectivity index (χ1) is 16.5. The fraction of sp³-hybridized carbons (Fsp3) is 0.250. The first-order valence-electron chi connectivity index (χ1n) is 11.7. The van der Waals surface area contributed by atoms with E-state index in [-0.39, 0.29) is 5.91 Å². The third-order valence-electron chi connectivity index (χ3n) is 5.77. The zero-order valence-corrected chi connectivity index (χ0v) is 20.3. The summed E-state index contributed by atoms with van der Waals surface area (Å²) < 4.78 is 1.81. The molecule has 0 atom stereocenters. The third-order valence-corrected chi connectivity index (χ3v) is 6.01. The Morgan fingerprint density at radius 1 is 1.00 bits per heavy atom. The number of unbranched alkanes of at least 4 members (excludes halogenated alkanes) is 1. The Hall–Kier alpha value is -3.44. The summed E-state index contributed by atoms with van der Waals surface area (Å²) in [4.78, 5) is 17.5. The summed E-state index contributed by atoms with van der Waals surface area (Å²) in [5.74, 6) is 1.41. The van der Waals surface area contributed by atoms with Gasteiger partial charge >= 0.3 is 0 Å². The lowest BCUT2D eigenvalue weighted by molar-refractivity contribution is 0.0953. The highest BCUT2D eigenvalue weighted by Crippen LogP contribution is 2.27. The van der Waals surface area contributed by atoms with Gasteiger partial charge < -0.3 is 5.32 Å². The highest BCUT2D eigenvalue weighted by molar-refractivity contribution is 6.30. The summed E-state index contributed by atoms with van der Waals surface area (Å²) in [6, 6.07) is 23.7. The lowest BCUT2D eigenvalue weighted by Gasteiger charge is -2.10. The molecule has 1 amide bonds. The van der Waals surface area contributed by atoms with Gasteiger partial charge in [-0.05, 0) is 73.7 Å². The van der Waals surface area contributed by atoms with Crippen molar-refractivity contribution < 1.29 is 4.79 Å². The molecule has 0 radical (unpaired) electrons. The van der Waals surface area contributed by atoms with Crippen LogP contribution < -0.4 is 5.32 Å². The first-order valence-corrected chi connectivity index (χ1v) is 12.1. The summed E-state index contributed by atoms with van der Waals surface area (Å²) in [5, 5.41) is 8.42. The largest absolute Gasteiger partial charge is 0.352 e. The van der Waals surface area contributed by atoms with Crippen LogP contribution in [0.5, 0.6) is 0 Å². The molecule has 0 aliphatic heterocycles. The van der Waals surface area contributed by atoms with E-state index in [4.69, 9.17) is 21.7 Å². The van der Waals surface area contributed by atoms with E-state index < -0.39 is 0 Å². The predicted octanol–water partition coefficient (Wildman–Crippen LogP) is 6.21. The van der Waals surface area contributed by atoms with Crippen molar-refractivity contribution in [2.45, 2.75) is 39.5 Å². The van der Waals surface area contributed by atoms with Gasteiger partial charge in [0.1, 0.15) is 0 Å². The van der Waals surface area contributed by atoms with Crippen LogP contribution in [-0.2, 0) is 12.8 Å². The SMILES string of the molecule is CCc1nc(-c2ccc(Cl)cc2C)n(-c2cccc(C(=O)NCCCCc3ccccc3)c2)n1. The van der Waals surface area contributed by atoms with Crippen LogP contribution in [0.15, 0.2) is 72.8 Å². The van der Waals surface area contributed by atoms with Crippen molar-refractivity contribution in [2.75, 3.05) is 6.54 Å². The maximum atomic E-state index is 12.8. The Labute approximate surface area is 205 Å². The molecule has 1 N–H and O–H groups in total. The van der Waals surface area contributed by atoms with E-state index in [0.29, 0.717) is 17.1 Å². The standard InChI is InChI=1S/C28H29ClN4O/c1-3-26-31-27(25-16-15-23(29)18-20(25)2)33(32-26)24-14-9-13-22(19-24)28(34)30-17-8-7-12-21-10-5-4-6-11-21/h4-6,9-11,13-16,18-19H,3,7-8,12,17H2,1-2H3,(H,30,34). The van der Waals surface area contributed by atoms with Gasteiger partial charge in [0.05, 0.1) is 5.69 Å². The van der Waals surface area contributed by atoms with Crippen LogP contribution in [0.1, 0.15) is 47.1 Å². The van der Waals surface area contributed by atoms with Crippen molar-refractivity contribution in [2.24, 2.45) is 0 Å². The minimum absolute atomic E-state index is 0.0818. The lowest BCUT2D eigenvalue weighted by atomic mass is 10.1. The summed E-state index contributed by atoms with van der Waals surface area (Å²) in [6.45, 7) is 4.68. The van der Waals surface area contributed by atoms with Crippen molar-refractivity contribution in [1.29, 1.82) is 0 Å². The van der Waals surface area contributed by atoms with Gasteiger partial charge in [0, 0.05) is 29.1 Å². The molecule has 6 heteroatoms. The quantitative estimate of drug-likeness (QED) is 0.294. The second kappa shape index (κ2) is 11.1. The van der Waals surface area contributed by atoms with E-state index in [0.717, 1.165) is 54.1 Å². The van der Waals surface area contributed by atoms with Crippen LogP contribution in [0.4, 0.5) is 0 Å². The lowest BCUT2D eigenvalue weighted by Crippen LogP contribution is -2.24. The Bertz CT molecular complexity index is 1270. The van der Waals surface area contributed by atoms with Crippen LogP contribution in [0.2, 0.25) is 5.02 Å². The van der Waals surface area contributed by atoms with Crippen LogP contribution >= 0.6 is 11.6 Å². The van der Waals surface area contributed by atoms with Gasteiger partial charge in [-0.15, -0.1) is 0 Å². The van der Waals surface area contributed by atoms with E-state index in [1.165, 1.54) is 5.56 Å². The van der Waals surface area contributed by atoms with E-state index >= 15 is 0 Å². The minimum atomic E-state index is -0.0818. The molecular weight excluding hydrogens is 444 g/mol. The molecule has 4 rings (SSSR count). The Kier molecular flexibility index (Phi) is 7.76. The maximum absolute atomic E-state index is 12.8. The minimum Gasteiger partial charge on any atom is -0.352 e. The molecular formula is C28H29ClN4O. The topological polar surface area (TPSA) is 59.8 Å². The van der Waals surface area contributed by atoms with Crippen molar-refractivity contribution in [3.05, 3.63) is 100 Å². The van der Waals surface area contributed by atoms with Crippen molar-refractivity contribution in [3.63, 3.8) is 0 Å². The number of aromatic nitrogens is 3. The molecule has 0 bridgehead atoms. The molecule has 0 unspecified atom stereocenters. The molecule has 0 aliphatic rings. The normalized spacial score (nSPS) is 10.9. The van der Waals surface area contributed by atoms with Gasteiger partial charge in [0.25, 0.3) is 5.91 Å². The summed E-state index contributed by atoms with van der Waals surface area (Å²) in [6.07, 6.45) is 3.71. The number of nitrogens with zero attached hydrogens (tertiary/aromatic N) is 3. The van der Waals surface area contributed by atoms with Gasteiger partial charge in [-0.3, -0.25) is 4.79 Å². The third kappa shape index (κ3) is 5.72. The summed E-state index contributed by atoms with van der Waals surface area (Å²) in [7, 11) is 0. The number of benzene rings is 3. The van der Waals surface area contributed by atoms with Gasteiger partial charge in [-0.1, -0.05) is 54.9 Å². The van der Waals surface area contributed by atoms with Gasteiger partial charge in [-0.25, -0.2) is 9.67 Å². The van der Waals surface area contributed by atoms with E-state index in [1.807, 2.05) is 67.1 Å². The molecule has 0 saturated carbocycles. The average Bonchev–Trinajstić information content (AvgIpc) is 3.29. The van der Waals surface area contributed by atoms with Crippen LogP contribution in [0, 0.1) is 6.92 Å². The smallest absolute Gasteiger partial charge is 0.251 e. The molecule has 1 aromatic heterocycles. The van der Waals surface area contributed by atoms with E-state index in [2.05, 4.69) is 29.6 Å². The van der Waals surface area contributed by atoms with Gasteiger partial charge in [-0.2, -0.15) is 5.10 Å². The maximum Gasteiger partial charge on any atom is 0.251 e. The zero-order chi connectivity index (χ0) is 23.9. The number of aryl methyl sites for hydroxylation is 3. The Balaban J connectivity index is 1.47. The number of halogens is 1. The van der Waals surface area contributed by atoms with Crippen molar-refractivity contribution in [3.8, 4) is 17.1 Å². The van der Waals surface area contributed by atoms with Crippen LogP contribution in [0.25, 0.3) is 17.1 Å². The predicted molar refractivity (Wildman–Crippen MR) is 138 cm³/mol. The molecule has 3 aromatic carbocycles. The fourth-order valence-electron chi connectivity index (χ4n) is 3.92. The molecule has 4 aromatic rings.